The molecule has 0 bridgehead atoms. The van der Waals surface area contributed by atoms with Gasteiger partial charge in [-0.25, -0.2) is 0 Å². The van der Waals surface area contributed by atoms with Crippen LogP contribution in [0.15, 0.2) is 53.3 Å². The molecule has 126 valence electrons. The van der Waals surface area contributed by atoms with Gasteiger partial charge in [0.1, 0.15) is 11.5 Å². The Balaban J connectivity index is 1.30. The van der Waals surface area contributed by atoms with Crippen LogP contribution in [0, 0.1) is 0 Å². The number of fused-ring (bicyclic) bond motifs is 1. The van der Waals surface area contributed by atoms with Gasteiger partial charge in [0.2, 0.25) is 0 Å². The van der Waals surface area contributed by atoms with Crippen LogP contribution in [-0.2, 0) is 6.42 Å². The topological polar surface area (TPSA) is 101 Å². The smallest absolute Gasteiger partial charge is 0.271 e. The van der Waals surface area contributed by atoms with Crippen molar-refractivity contribution in [2.75, 3.05) is 6.54 Å². The number of nitrogens with one attached hydrogen (secondary N) is 2. The summed E-state index contributed by atoms with van der Waals surface area (Å²) in [6, 6.07) is 11.0. The Hall–Kier alpha value is -3.42. The molecule has 0 aromatic carbocycles. The maximum absolute atomic E-state index is 12.1. The van der Waals surface area contributed by atoms with Crippen LogP contribution in [0.1, 0.15) is 22.7 Å². The molecule has 4 aromatic rings. The van der Waals surface area contributed by atoms with Crippen molar-refractivity contribution in [3.8, 4) is 11.5 Å². The summed E-state index contributed by atoms with van der Waals surface area (Å²) >= 11 is 0. The molecular formula is C17H16N6O2. The second-order valence-corrected chi connectivity index (χ2v) is 5.55. The molecule has 8 heteroatoms. The van der Waals surface area contributed by atoms with Gasteiger partial charge in [-0.15, -0.1) is 10.2 Å². The highest BCUT2D eigenvalue weighted by molar-refractivity contribution is 5.93. The Morgan fingerprint density at radius 2 is 2.20 bits per heavy atom. The summed E-state index contributed by atoms with van der Waals surface area (Å²) in [6.07, 6.45) is 4.99. The van der Waals surface area contributed by atoms with E-state index in [1.807, 2.05) is 28.8 Å². The fourth-order valence-electron chi connectivity index (χ4n) is 2.60. The lowest BCUT2D eigenvalue weighted by molar-refractivity contribution is 0.0948. The molecule has 0 atom stereocenters. The Labute approximate surface area is 142 Å². The van der Waals surface area contributed by atoms with Crippen molar-refractivity contribution in [3.63, 3.8) is 0 Å². The molecule has 0 unspecified atom stereocenters. The number of rotatable bonds is 6. The van der Waals surface area contributed by atoms with Crippen LogP contribution in [0.5, 0.6) is 0 Å². The van der Waals surface area contributed by atoms with Gasteiger partial charge in [0.05, 0.1) is 6.26 Å². The highest BCUT2D eigenvalue weighted by Gasteiger charge is 2.12. The molecule has 4 heterocycles. The number of amides is 1. The highest BCUT2D eigenvalue weighted by atomic mass is 16.3. The van der Waals surface area contributed by atoms with E-state index in [1.165, 1.54) is 0 Å². The van der Waals surface area contributed by atoms with E-state index in [-0.39, 0.29) is 5.91 Å². The van der Waals surface area contributed by atoms with Crippen LogP contribution >= 0.6 is 0 Å². The lowest BCUT2D eigenvalue weighted by Crippen LogP contribution is -2.25. The van der Waals surface area contributed by atoms with E-state index >= 15 is 0 Å². The van der Waals surface area contributed by atoms with Crippen molar-refractivity contribution in [3.05, 3.63) is 60.4 Å². The van der Waals surface area contributed by atoms with Crippen molar-refractivity contribution >= 4 is 11.6 Å². The number of furan rings is 1. The number of aryl methyl sites for hydroxylation is 1. The molecule has 0 fully saturated rings. The Bertz CT molecular complexity index is 986. The normalized spacial score (nSPS) is 11.0. The monoisotopic (exact) mass is 336 g/mol. The van der Waals surface area contributed by atoms with Crippen LogP contribution in [0.3, 0.4) is 0 Å². The Morgan fingerprint density at radius 3 is 3.08 bits per heavy atom. The molecule has 0 aliphatic rings. The average molecular weight is 336 g/mol. The van der Waals surface area contributed by atoms with E-state index in [1.54, 1.807) is 24.5 Å². The quantitative estimate of drug-likeness (QED) is 0.525. The van der Waals surface area contributed by atoms with Gasteiger partial charge in [0, 0.05) is 25.2 Å². The summed E-state index contributed by atoms with van der Waals surface area (Å²) in [6.45, 7) is 0.531. The first kappa shape index (κ1) is 15.1. The molecule has 0 spiro atoms. The summed E-state index contributed by atoms with van der Waals surface area (Å²) in [4.78, 5) is 12.1. The summed E-state index contributed by atoms with van der Waals surface area (Å²) in [7, 11) is 0. The summed E-state index contributed by atoms with van der Waals surface area (Å²) < 4.78 is 7.22. The first-order valence-electron chi connectivity index (χ1n) is 7.97. The molecule has 25 heavy (non-hydrogen) atoms. The van der Waals surface area contributed by atoms with Crippen molar-refractivity contribution in [1.82, 2.24) is 30.1 Å². The third kappa shape index (κ3) is 3.14. The lowest BCUT2D eigenvalue weighted by atomic mass is 10.2. The minimum Gasteiger partial charge on any atom is -0.463 e. The standard InChI is InChI=1S/C17H16N6O2/c24-17(13-11-12(19-20-13)14-5-4-10-25-14)18-8-3-7-16-22-21-15-6-1-2-9-23(15)16/h1-2,4-6,9-11H,3,7-8H2,(H,18,24)(H,19,20). The zero-order valence-electron chi connectivity index (χ0n) is 13.3. The van der Waals surface area contributed by atoms with Crippen LogP contribution in [-0.4, -0.2) is 37.2 Å². The second-order valence-electron chi connectivity index (χ2n) is 5.55. The first-order valence-corrected chi connectivity index (χ1v) is 7.97. The molecular weight excluding hydrogens is 320 g/mol. The molecule has 1 amide bonds. The third-order valence-electron chi connectivity index (χ3n) is 3.84. The maximum Gasteiger partial charge on any atom is 0.271 e. The summed E-state index contributed by atoms with van der Waals surface area (Å²) in [5.74, 6) is 1.30. The van der Waals surface area contributed by atoms with Crippen molar-refractivity contribution < 1.29 is 9.21 Å². The van der Waals surface area contributed by atoms with Gasteiger partial charge >= 0.3 is 0 Å². The molecule has 4 aromatic heterocycles. The second kappa shape index (κ2) is 6.60. The fraction of sp³-hybridized carbons (Fsp3) is 0.176. The minimum atomic E-state index is -0.222. The molecule has 0 saturated heterocycles. The van der Waals surface area contributed by atoms with Crippen LogP contribution < -0.4 is 5.32 Å². The van der Waals surface area contributed by atoms with Gasteiger partial charge in [-0.2, -0.15) is 5.10 Å². The molecule has 0 aliphatic carbocycles. The molecule has 0 radical (unpaired) electrons. The number of pyridine rings is 1. The average Bonchev–Trinajstić information content (AvgIpc) is 3.38. The predicted molar refractivity (Wildman–Crippen MR) is 89.9 cm³/mol. The number of hydrogen-bond donors (Lipinski definition) is 2. The van der Waals surface area contributed by atoms with E-state index in [4.69, 9.17) is 4.42 Å². The number of carbonyl (C=O) groups is 1. The molecule has 4 rings (SSSR count). The fourth-order valence-corrected chi connectivity index (χ4v) is 2.60. The first-order chi connectivity index (χ1) is 12.3. The third-order valence-corrected chi connectivity index (χ3v) is 3.84. The van der Waals surface area contributed by atoms with Crippen molar-refractivity contribution in [1.29, 1.82) is 0 Å². The largest absolute Gasteiger partial charge is 0.463 e. The number of H-pyrrole nitrogens is 1. The number of hydrogen-bond acceptors (Lipinski definition) is 5. The van der Waals surface area contributed by atoms with Crippen LogP contribution in [0.4, 0.5) is 0 Å². The minimum absolute atomic E-state index is 0.222. The van der Waals surface area contributed by atoms with Crippen molar-refractivity contribution in [2.24, 2.45) is 0 Å². The van der Waals surface area contributed by atoms with E-state index in [2.05, 4.69) is 25.7 Å². The molecule has 0 aliphatic heterocycles. The van der Waals surface area contributed by atoms with E-state index < -0.39 is 0 Å². The number of aromatic nitrogens is 5. The maximum atomic E-state index is 12.1. The molecule has 0 saturated carbocycles. The van der Waals surface area contributed by atoms with Gasteiger partial charge < -0.3 is 9.73 Å². The number of carbonyl (C=O) groups excluding carboxylic acids is 1. The van der Waals surface area contributed by atoms with Crippen LogP contribution in [0.25, 0.3) is 17.1 Å². The van der Waals surface area contributed by atoms with Gasteiger partial charge in [0.25, 0.3) is 5.91 Å². The van der Waals surface area contributed by atoms with Crippen molar-refractivity contribution in [2.45, 2.75) is 12.8 Å². The molecule has 8 nitrogen and oxygen atoms in total. The van der Waals surface area contributed by atoms with Gasteiger partial charge in [0.15, 0.2) is 17.1 Å². The predicted octanol–water partition coefficient (Wildman–Crippen LogP) is 2.07. The van der Waals surface area contributed by atoms with Gasteiger partial charge in [-0.05, 0) is 30.7 Å². The lowest BCUT2D eigenvalue weighted by Gasteiger charge is -2.02. The van der Waals surface area contributed by atoms with Gasteiger partial charge in [-0.1, -0.05) is 6.07 Å². The Morgan fingerprint density at radius 1 is 1.24 bits per heavy atom. The zero-order valence-corrected chi connectivity index (χ0v) is 13.3. The van der Waals surface area contributed by atoms with E-state index in [0.717, 1.165) is 24.3 Å². The van der Waals surface area contributed by atoms with E-state index in [0.29, 0.717) is 23.7 Å². The highest BCUT2D eigenvalue weighted by Crippen LogP contribution is 2.17. The van der Waals surface area contributed by atoms with E-state index in [9.17, 15) is 4.79 Å². The summed E-state index contributed by atoms with van der Waals surface area (Å²) in [5, 5.41) is 18.0. The number of aromatic amines is 1. The molecule has 2 N–H and O–H groups in total. The number of nitrogens with zero attached hydrogens (tertiary/aromatic N) is 4. The van der Waals surface area contributed by atoms with Crippen LogP contribution in [0.2, 0.25) is 0 Å². The zero-order chi connectivity index (χ0) is 17.1. The van der Waals surface area contributed by atoms with Gasteiger partial charge in [-0.3, -0.25) is 14.3 Å². The SMILES string of the molecule is O=C(NCCCc1nnc2ccccn12)c1cc(-c2ccco2)[nH]n1. The Kier molecular flexibility index (Phi) is 3.99. The summed E-state index contributed by atoms with van der Waals surface area (Å²) in [5.41, 5.74) is 1.83.